The molecule has 0 N–H and O–H groups in total. The maximum Gasteiger partial charge on any atom is 0.186 e. The van der Waals surface area contributed by atoms with E-state index in [0.29, 0.717) is 26.1 Å². The van der Waals surface area contributed by atoms with Crippen LogP contribution in [0, 0.1) is 0 Å². The summed E-state index contributed by atoms with van der Waals surface area (Å²) in [5.41, 5.74) is 0. The molecule has 1 aliphatic rings. The fraction of sp³-hybridized carbons (Fsp3) is 0.615. The molecule has 0 radical (unpaired) electrons. The highest BCUT2D eigenvalue weighted by Crippen LogP contribution is 2.18. The average Bonchev–Trinajstić information content (AvgIpc) is 2.78. The van der Waals surface area contributed by atoms with Gasteiger partial charge < -0.3 is 0 Å². The molecule has 19 heavy (non-hydrogen) atoms. The number of hydrogen-bond acceptors (Lipinski definition) is 5. The van der Waals surface area contributed by atoms with E-state index in [9.17, 15) is 13.2 Å². The van der Waals surface area contributed by atoms with Crippen LogP contribution in [0.5, 0.6) is 0 Å². The molecule has 0 spiro atoms. The number of sulfone groups is 1. The third kappa shape index (κ3) is 4.12. The molecule has 0 saturated carbocycles. The summed E-state index contributed by atoms with van der Waals surface area (Å²) in [6.45, 7) is 3.57. The molecule has 6 heteroatoms. The van der Waals surface area contributed by atoms with Crippen LogP contribution in [-0.4, -0.2) is 50.2 Å². The topological polar surface area (TPSA) is 54.5 Å². The van der Waals surface area contributed by atoms with E-state index in [-0.39, 0.29) is 17.3 Å². The van der Waals surface area contributed by atoms with Crippen molar-refractivity contribution in [3.63, 3.8) is 0 Å². The molecular weight excluding hydrogens is 282 g/mol. The van der Waals surface area contributed by atoms with Crippen LogP contribution >= 0.6 is 11.3 Å². The molecule has 4 nitrogen and oxygen atoms in total. The van der Waals surface area contributed by atoms with E-state index in [1.54, 1.807) is 11.3 Å². The minimum atomic E-state index is -2.90. The number of thiophene rings is 1. The standard InChI is InChI=1S/C13H19NO3S2/c1-2-11-4-5-13(18-11)12(15)10-14-6-3-8-19(16,17)9-7-14/h4-5H,2-3,6-10H2,1H3. The van der Waals surface area contributed by atoms with Crippen molar-refractivity contribution in [2.75, 3.05) is 31.1 Å². The van der Waals surface area contributed by atoms with Gasteiger partial charge in [0.1, 0.15) is 0 Å². The number of ketones is 1. The van der Waals surface area contributed by atoms with E-state index < -0.39 is 9.84 Å². The largest absolute Gasteiger partial charge is 0.295 e. The first-order chi connectivity index (χ1) is 9.00. The Hall–Kier alpha value is -0.720. The van der Waals surface area contributed by atoms with Crippen molar-refractivity contribution in [2.45, 2.75) is 19.8 Å². The van der Waals surface area contributed by atoms with Crippen LogP contribution in [0.2, 0.25) is 0 Å². The van der Waals surface area contributed by atoms with Crippen molar-refractivity contribution in [1.29, 1.82) is 0 Å². The lowest BCUT2D eigenvalue weighted by molar-refractivity contribution is 0.0939. The maximum atomic E-state index is 12.1. The first-order valence-electron chi connectivity index (χ1n) is 6.55. The molecule has 0 amide bonds. The van der Waals surface area contributed by atoms with Gasteiger partial charge in [-0.2, -0.15) is 0 Å². The van der Waals surface area contributed by atoms with E-state index in [2.05, 4.69) is 6.92 Å². The van der Waals surface area contributed by atoms with Crippen LogP contribution in [0.25, 0.3) is 0 Å². The van der Waals surface area contributed by atoms with Gasteiger partial charge in [-0.3, -0.25) is 9.69 Å². The second-order valence-electron chi connectivity index (χ2n) is 4.82. The Morgan fingerprint density at radius 3 is 2.79 bits per heavy atom. The van der Waals surface area contributed by atoms with Gasteiger partial charge in [-0.25, -0.2) is 8.42 Å². The van der Waals surface area contributed by atoms with Gasteiger partial charge in [0, 0.05) is 11.4 Å². The molecule has 0 aliphatic carbocycles. The third-order valence-electron chi connectivity index (χ3n) is 3.30. The Balaban J connectivity index is 1.95. The van der Waals surface area contributed by atoms with Crippen molar-refractivity contribution in [3.8, 4) is 0 Å². The summed E-state index contributed by atoms with van der Waals surface area (Å²) in [5.74, 6) is 0.519. The van der Waals surface area contributed by atoms with Crippen LogP contribution in [0.4, 0.5) is 0 Å². The molecule has 0 atom stereocenters. The molecule has 2 heterocycles. The minimum absolute atomic E-state index is 0.101. The zero-order valence-electron chi connectivity index (χ0n) is 11.1. The molecule has 1 aromatic rings. The summed E-state index contributed by atoms with van der Waals surface area (Å²) in [5, 5.41) is 0. The van der Waals surface area contributed by atoms with Gasteiger partial charge in [0.2, 0.25) is 0 Å². The van der Waals surface area contributed by atoms with E-state index in [0.717, 1.165) is 11.3 Å². The van der Waals surface area contributed by atoms with Crippen molar-refractivity contribution in [3.05, 3.63) is 21.9 Å². The van der Waals surface area contributed by atoms with E-state index >= 15 is 0 Å². The lowest BCUT2D eigenvalue weighted by Crippen LogP contribution is -2.32. The average molecular weight is 301 g/mol. The van der Waals surface area contributed by atoms with Crippen LogP contribution in [0.15, 0.2) is 12.1 Å². The van der Waals surface area contributed by atoms with Gasteiger partial charge in [0.15, 0.2) is 15.6 Å². The van der Waals surface area contributed by atoms with Gasteiger partial charge >= 0.3 is 0 Å². The van der Waals surface area contributed by atoms with Crippen molar-refractivity contribution in [1.82, 2.24) is 4.90 Å². The number of carbonyl (C=O) groups excluding carboxylic acids is 1. The Morgan fingerprint density at radius 2 is 2.11 bits per heavy atom. The fourth-order valence-corrected chi connectivity index (χ4v) is 4.33. The van der Waals surface area contributed by atoms with E-state index in [1.165, 1.54) is 4.88 Å². The summed E-state index contributed by atoms with van der Waals surface area (Å²) >= 11 is 1.54. The lowest BCUT2D eigenvalue weighted by Gasteiger charge is -2.17. The molecule has 0 bridgehead atoms. The first-order valence-corrected chi connectivity index (χ1v) is 9.18. The summed E-state index contributed by atoms with van der Waals surface area (Å²) in [6, 6.07) is 3.87. The smallest absolute Gasteiger partial charge is 0.186 e. The predicted octanol–water partition coefficient (Wildman–Crippen LogP) is 1.61. The number of nitrogens with zero attached hydrogens (tertiary/aromatic N) is 1. The first kappa shape index (κ1) is 14.7. The second kappa shape index (κ2) is 6.15. The summed E-state index contributed by atoms with van der Waals surface area (Å²) in [6.07, 6.45) is 1.57. The zero-order valence-corrected chi connectivity index (χ0v) is 12.7. The molecular formula is C13H19NO3S2. The predicted molar refractivity (Wildman–Crippen MR) is 77.7 cm³/mol. The summed E-state index contributed by atoms with van der Waals surface area (Å²) < 4.78 is 23.0. The van der Waals surface area contributed by atoms with E-state index in [1.807, 2.05) is 17.0 Å². The van der Waals surface area contributed by atoms with Crippen molar-refractivity contribution >= 4 is 27.0 Å². The maximum absolute atomic E-state index is 12.1. The van der Waals surface area contributed by atoms with Gasteiger partial charge in [0.25, 0.3) is 0 Å². The number of Topliss-reactive ketones (excluding diaryl/α,β-unsaturated/α-hetero) is 1. The lowest BCUT2D eigenvalue weighted by atomic mass is 10.2. The highest BCUT2D eigenvalue weighted by molar-refractivity contribution is 7.91. The Bertz CT molecular complexity index is 548. The van der Waals surface area contributed by atoms with Crippen LogP contribution in [0.3, 0.4) is 0 Å². The Labute approximate surface area is 118 Å². The number of aryl methyl sites for hydroxylation is 1. The summed E-state index contributed by atoms with van der Waals surface area (Å²) in [4.78, 5) is 16.1. The fourth-order valence-electron chi connectivity index (χ4n) is 2.15. The molecule has 1 aliphatic heterocycles. The second-order valence-corrected chi connectivity index (χ2v) is 8.30. The highest BCUT2D eigenvalue weighted by atomic mass is 32.2. The quantitative estimate of drug-likeness (QED) is 0.793. The molecule has 1 fully saturated rings. The molecule has 1 aromatic heterocycles. The Kier molecular flexibility index (Phi) is 4.76. The van der Waals surface area contributed by atoms with Crippen molar-refractivity contribution in [2.24, 2.45) is 0 Å². The molecule has 106 valence electrons. The minimum Gasteiger partial charge on any atom is -0.295 e. The van der Waals surface area contributed by atoms with Gasteiger partial charge in [0.05, 0.1) is 22.9 Å². The van der Waals surface area contributed by atoms with Crippen LogP contribution in [-0.2, 0) is 16.3 Å². The van der Waals surface area contributed by atoms with Crippen molar-refractivity contribution < 1.29 is 13.2 Å². The highest BCUT2D eigenvalue weighted by Gasteiger charge is 2.21. The van der Waals surface area contributed by atoms with E-state index in [4.69, 9.17) is 0 Å². The number of hydrogen-bond donors (Lipinski definition) is 0. The van der Waals surface area contributed by atoms with Crippen LogP contribution in [0.1, 0.15) is 27.9 Å². The molecule has 1 saturated heterocycles. The third-order valence-corrected chi connectivity index (χ3v) is 6.29. The van der Waals surface area contributed by atoms with Gasteiger partial charge in [-0.15, -0.1) is 11.3 Å². The molecule has 2 rings (SSSR count). The van der Waals surface area contributed by atoms with Gasteiger partial charge in [-0.05, 0) is 31.5 Å². The van der Waals surface area contributed by atoms with Crippen LogP contribution < -0.4 is 0 Å². The zero-order chi connectivity index (χ0) is 13.9. The molecule has 0 unspecified atom stereocenters. The Morgan fingerprint density at radius 1 is 1.32 bits per heavy atom. The molecule has 0 aromatic carbocycles. The normalized spacial score (nSPS) is 20.1. The number of rotatable bonds is 4. The number of carbonyl (C=O) groups is 1. The van der Waals surface area contributed by atoms with Gasteiger partial charge in [-0.1, -0.05) is 6.92 Å². The SMILES string of the molecule is CCc1ccc(C(=O)CN2CCCS(=O)(=O)CC2)s1. The monoisotopic (exact) mass is 301 g/mol. The summed E-state index contributed by atoms with van der Waals surface area (Å²) in [7, 11) is -2.90.